The molecular formula is C14H22O2. The minimum atomic E-state index is -0.450. The Balaban J connectivity index is 2.64. The summed E-state index contributed by atoms with van der Waals surface area (Å²) in [5.41, 5.74) is 1.33. The number of hydrogen-bond donors (Lipinski definition) is 1. The Morgan fingerprint density at radius 2 is 1.69 bits per heavy atom. The molecule has 1 aromatic carbocycles. The lowest BCUT2D eigenvalue weighted by Crippen LogP contribution is -2.25. The van der Waals surface area contributed by atoms with E-state index in [1.807, 2.05) is 19.1 Å². The van der Waals surface area contributed by atoms with Crippen molar-refractivity contribution in [2.75, 3.05) is 0 Å². The van der Waals surface area contributed by atoms with E-state index >= 15 is 0 Å². The van der Waals surface area contributed by atoms with Crippen LogP contribution in [-0.2, 0) is 0 Å². The summed E-state index contributed by atoms with van der Waals surface area (Å²) in [7, 11) is 0. The molecule has 2 unspecified atom stereocenters. The summed E-state index contributed by atoms with van der Waals surface area (Å²) < 4.78 is 5.59. The van der Waals surface area contributed by atoms with Crippen molar-refractivity contribution in [3.8, 4) is 5.75 Å². The molecule has 90 valence electrons. The van der Waals surface area contributed by atoms with Gasteiger partial charge >= 0.3 is 0 Å². The average Bonchev–Trinajstić information content (AvgIpc) is 2.28. The number of aliphatic hydroxyl groups excluding tert-OH is 1. The Bertz CT molecular complexity index is 303. The molecule has 0 spiro atoms. The Labute approximate surface area is 98.3 Å². The van der Waals surface area contributed by atoms with E-state index in [2.05, 4.69) is 26.0 Å². The molecule has 0 fully saturated rings. The normalized spacial score (nSPS) is 16.6. The first kappa shape index (κ1) is 13.0. The summed E-state index contributed by atoms with van der Waals surface area (Å²) >= 11 is 0. The molecule has 0 saturated heterocycles. The largest absolute Gasteiger partial charge is 0.488 e. The zero-order valence-corrected chi connectivity index (χ0v) is 10.6. The Morgan fingerprint density at radius 1 is 1.12 bits per heavy atom. The van der Waals surface area contributed by atoms with Gasteiger partial charge in [0, 0.05) is 0 Å². The van der Waals surface area contributed by atoms with Crippen LogP contribution in [-0.4, -0.2) is 17.3 Å². The van der Waals surface area contributed by atoms with E-state index in [0.717, 1.165) is 12.2 Å². The SMILES string of the molecule is CCC(C)c1ccc(OC(C)[C@@H](C)O)cc1. The topological polar surface area (TPSA) is 29.5 Å². The summed E-state index contributed by atoms with van der Waals surface area (Å²) in [6, 6.07) is 8.14. The van der Waals surface area contributed by atoms with E-state index in [9.17, 15) is 5.11 Å². The number of ether oxygens (including phenoxy) is 1. The lowest BCUT2D eigenvalue weighted by molar-refractivity contribution is 0.0604. The van der Waals surface area contributed by atoms with Gasteiger partial charge in [-0.25, -0.2) is 0 Å². The van der Waals surface area contributed by atoms with Crippen molar-refractivity contribution in [1.82, 2.24) is 0 Å². The molecule has 0 amide bonds. The molecule has 0 heterocycles. The maximum atomic E-state index is 9.34. The maximum Gasteiger partial charge on any atom is 0.121 e. The molecule has 0 aliphatic heterocycles. The van der Waals surface area contributed by atoms with Gasteiger partial charge < -0.3 is 9.84 Å². The molecule has 3 atom stereocenters. The predicted molar refractivity (Wildman–Crippen MR) is 66.9 cm³/mol. The highest BCUT2D eigenvalue weighted by molar-refractivity contribution is 5.29. The van der Waals surface area contributed by atoms with Crippen LogP contribution >= 0.6 is 0 Å². The molecule has 0 aliphatic rings. The summed E-state index contributed by atoms with van der Waals surface area (Å²) in [6.07, 6.45) is 0.522. The molecule has 16 heavy (non-hydrogen) atoms. The van der Waals surface area contributed by atoms with Gasteiger partial charge in [0.15, 0.2) is 0 Å². The first-order valence-corrected chi connectivity index (χ1v) is 5.99. The van der Waals surface area contributed by atoms with Crippen LogP contribution in [0.1, 0.15) is 45.6 Å². The monoisotopic (exact) mass is 222 g/mol. The Morgan fingerprint density at radius 3 is 2.12 bits per heavy atom. The van der Waals surface area contributed by atoms with Crippen molar-refractivity contribution in [2.24, 2.45) is 0 Å². The molecule has 0 radical (unpaired) electrons. The average molecular weight is 222 g/mol. The van der Waals surface area contributed by atoms with Gasteiger partial charge in [-0.1, -0.05) is 26.0 Å². The van der Waals surface area contributed by atoms with Crippen LogP contribution in [0.15, 0.2) is 24.3 Å². The number of hydrogen-bond acceptors (Lipinski definition) is 2. The number of rotatable bonds is 5. The lowest BCUT2D eigenvalue weighted by Gasteiger charge is -2.17. The van der Waals surface area contributed by atoms with Gasteiger partial charge in [-0.2, -0.15) is 0 Å². The third kappa shape index (κ3) is 3.53. The lowest BCUT2D eigenvalue weighted by atomic mass is 9.99. The van der Waals surface area contributed by atoms with Crippen LogP contribution in [0.4, 0.5) is 0 Å². The van der Waals surface area contributed by atoms with Crippen molar-refractivity contribution in [2.45, 2.75) is 52.2 Å². The van der Waals surface area contributed by atoms with Gasteiger partial charge in [-0.3, -0.25) is 0 Å². The fourth-order valence-electron chi connectivity index (χ4n) is 1.42. The van der Waals surface area contributed by atoms with Gasteiger partial charge in [0.1, 0.15) is 11.9 Å². The zero-order valence-electron chi connectivity index (χ0n) is 10.6. The molecule has 0 saturated carbocycles. The minimum absolute atomic E-state index is 0.172. The molecule has 1 aromatic rings. The highest BCUT2D eigenvalue weighted by Crippen LogP contribution is 2.22. The van der Waals surface area contributed by atoms with Crippen molar-refractivity contribution in [1.29, 1.82) is 0 Å². The van der Waals surface area contributed by atoms with Crippen molar-refractivity contribution in [3.63, 3.8) is 0 Å². The number of benzene rings is 1. The summed E-state index contributed by atoms with van der Waals surface area (Å²) in [5.74, 6) is 1.41. The highest BCUT2D eigenvalue weighted by Gasteiger charge is 2.10. The van der Waals surface area contributed by atoms with E-state index in [4.69, 9.17) is 4.74 Å². The molecule has 1 N–H and O–H groups in total. The van der Waals surface area contributed by atoms with Crippen LogP contribution in [0, 0.1) is 0 Å². The molecule has 0 aromatic heterocycles. The predicted octanol–water partition coefficient (Wildman–Crippen LogP) is 3.35. The molecule has 2 nitrogen and oxygen atoms in total. The second-order valence-corrected chi connectivity index (χ2v) is 4.44. The van der Waals surface area contributed by atoms with Crippen LogP contribution in [0.25, 0.3) is 0 Å². The van der Waals surface area contributed by atoms with Crippen LogP contribution < -0.4 is 4.74 Å². The molecule has 1 rings (SSSR count). The molecule has 0 aliphatic carbocycles. The van der Waals surface area contributed by atoms with Crippen LogP contribution in [0.5, 0.6) is 5.75 Å². The molecule has 0 bridgehead atoms. The first-order chi connectivity index (χ1) is 7.54. The van der Waals surface area contributed by atoms with E-state index in [1.165, 1.54) is 5.56 Å². The van der Waals surface area contributed by atoms with Gasteiger partial charge in [0.25, 0.3) is 0 Å². The fourth-order valence-corrected chi connectivity index (χ4v) is 1.42. The number of aliphatic hydroxyl groups is 1. The van der Waals surface area contributed by atoms with Crippen molar-refractivity contribution in [3.05, 3.63) is 29.8 Å². The van der Waals surface area contributed by atoms with E-state index in [-0.39, 0.29) is 6.10 Å². The summed E-state index contributed by atoms with van der Waals surface area (Å²) in [4.78, 5) is 0. The molecule has 2 heteroatoms. The van der Waals surface area contributed by atoms with Crippen molar-refractivity contribution >= 4 is 0 Å². The maximum absolute atomic E-state index is 9.34. The van der Waals surface area contributed by atoms with Gasteiger partial charge in [-0.05, 0) is 43.9 Å². The quantitative estimate of drug-likeness (QED) is 0.828. The molecular weight excluding hydrogens is 200 g/mol. The second-order valence-electron chi connectivity index (χ2n) is 4.44. The van der Waals surface area contributed by atoms with Crippen LogP contribution in [0.2, 0.25) is 0 Å². The summed E-state index contributed by atoms with van der Waals surface area (Å²) in [6.45, 7) is 8.00. The van der Waals surface area contributed by atoms with Gasteiger partial charge in [0.2, 0.25) is 0 Å². The third-order valence-electron chi connectivity index (χ3n) is 3.06. The van der Waals surface area contributed by atoms with Crippen molar-refractivity contribution < 1.29 is 9.84 Å². The highest BCUT2D eigenvalue weighted by atomic mass is 16.5. The van der Waals surface area contributed by atoms with E-state index < -0.39 is 6.10 Å². The smallest absolute Gasteiger partial charge is 0.121 e. The standard InChI is InChI=1S/C14H22O2/c1-5-10(2)13-6-8-14(9-7-13)16-12(4)11(3)15/h6-12,15H,5H2,1-4H3/t10?,11-,12?/m1/s1. The van der Waals surface area contributed by atoms with E-state index in [1.54, 1.807) is 6.92 Å². The third-order valence-corrected chi connectivity index (χ3v) is 3.06. The van der Waals surface area contributed by atoms with E-state index in [0.29, 0.717) is 5.92 Å². The first-order valence-electron chi connectivity index (χ1n) is 5.99. The Hall–Kier alpha value is -1.02. The summed E-state index contributed by atoms with van der Waals surface area (Å²) in [5, 5.41) is 9.34. The minimum Gasteiger partial charge on any atom is -0.488 e. The second kappa shape index (κ2) is 5.90. The van der Waals surface area contributed by atoms with Crippen LogP contribution in [0.3, 0.4) is 0 Å². The Kier molecular flexibility index (Phi) is 4.81. The zero-order chi connectivity index (χ0) is 12.1. The van der Waals surface area contributed by atoms with Gasteiger partial charge in [-0.15, -0.1) is 0 Å². The van der Waals surface area contributed by atoms with Gasteiger partial charge in [0.05, 0.1) is 6.10 Å². The fraction of sp³-hybridized carbons (Fsp3) is 0.571.